The first kappa shape index (κ1) is 10.0. The summed E-state index contributed by atoms with van der Waals surface area (Å²) >= 11 is 0. The SMILES string of the molecule is CNC(=O)C1(C#N)CCN(C)CC1. The third-order valence-corrected chi connectivity index (χ3v) is 2.72. The van der Waals surface area contributed by atoms with Crippen LogP contribution < -0.4 is 5.32 Å². The monoisotopic (exact) mass is 181 g/mol. The number of amides is 1. The van der Waals surface area contributed by atoms with Gasteiger partial charge in [0.05, 0.1) is 6.07 Å². The van der Waals surface area contributed by atoms with Crippen LogP contribution >= 0.6 is 0 Å². The molecule has 0 aliphatic carbocycles. The van der Waals surface area contributed by atoms with Crippen LogP contribution in [0, 0.1) is 16.7 Å². The van der Waals surface area contributed by atoms with Crippen molar-refractivity contribution in [1.29, 1.82) is 5.26 Å². The summed E-state index contributed by atoms with van der Waals surface area (Å²) in [5.41, 5.74) is -0.777. The van der Waals surface area contributed by atoms with Crippen molar-refractivity contribution in [3.8, 4) is 6.07 Å². The highest BCUT2D eigenvalue weighted by atomic mass is 16.2. The number of hydrogen-bond acceptors (Lipinski definition) is 3. The predicted molar refractivity (Wildman–Crippen MR) is 48.8 cm³/mol. The number of hydrogen-bond donors (Lipinski definition) is 1. The lowest BCUT2D eigenvalue weighted by atomic mass is 9.79. The molecule has 1 aliphatic heterocycles. The Morgan fingerprint density at radius 1 is 1.54 bits per heavy atom. The van der Waals surface area contributed by atoms with Gasteiger partial charge in [-0.3, -0.25) is 4.79 Å². The second kappa shape index (κ2) is 3.75. The number of piperidine rings is 1. The Morgan fingerprint density at radius 2 is 2.08 bits per heavy atom. The van der Waals surface area contributed by atoms with Gasteiger partial charge in [0.2, 0.25) is 5.91 Å². The van der Waals surface area contributed by atoms with Crippen molar-refractivity contribution in [2.75, 3.05) is 27.2 Å². The standard InChI is InChI=1S/C9H15N3O/c1-11-8(13)9(7-10)3-5-12(2)6-4-9/h3-6H2,1-2H3,(H,11,13). The number of likely N-dealkylation sites (tertiary alicyclic amines) is 1. The number of nitrogens with zero attached hydrogens (tertiary/aromatic N) is 2. The highest BCUT2D eigenvalue weighted by Gasteiger charge is 2.40. The Labute approximate surface area is 78.5 Å². The Balaban J connectivity index is 2.73. The molecule has 0 radical (unpaired) electrons. The molecule has 4 nitrogen and oxygen atoms in total. The van der Waals surface area contributed by atoms with E-state index in [1.165, 1.54) is 0 Å². The summed E-state index contributed by atoms with van der Waals surface area (Å²) in [5.74, 6) is -0.136. The normalized spacial score (nSPS) is 21.9. The van der Waals surface area contributed by atoms with Crippen molar-refractivity contribution in [1.82, 2.24) is 10.2 Å². The molecule has 0 bridgehead atoms. The van der Waals surface area contributed by atoms with E-state index >= 15 is 0 Å². The molecule has 0 aromatic heterocycles. The fourth-order valence-corrected chi connectivity index (χ4v) is 1.63. The van der Waals surface area contributed by atoms with E-state index in [1.807, 2.05) is 7.05 Å². The molecule has 0 aromatic rings. The topological polar surface area (TPSA) is 56.1 Å². The molecule has 4 heteroatoms. The molecule has 1 aliphatic rings. The molecule has 1 heterocycles. The Bertz CT molecular complexity index is 236. The molecule has 0 aromatic carbocycles. The minimum Gasteiger partial charge on any atom is -0.358 e. The Kier molecular flexibility index (Phi) is 2.89. The van der Waals surface area contributed by atoms with Crippen molar-refractivity contribution in [3.63, 3.8) is 0 Å². The lowest BCUT2D eigenvalue weighted by Gasteiger charge is -2.33. The van der Waals surface area contributed by atoms with Gasteiger partial charge in [-0.15, -0.1) is 0 Å². The number of rotatable bonds is 1. The zero-order valence-corrected chi connectivity index (χ0v) is 8.13. The molecular weight excluding hydrogens is 166 g/mol. The second-order valence-corrected chi connectivity index (χ2v) is 3.58. The molecule has 0 spiro atoms. The van der Waals surface area contributed by atoms with E-state index in [-0.39, 0.29) is 5.91 Å². The molecular formula is C9H15N3O. The van der Waals surface area contributed by atoms with Crippen LogP contribution in [0.25, 0.3) is 0 Å². The highest BCUT2D eigenvalue weighted by Crippen LogP contribution is 2.30. The summed E-state index contributed by atoms with van der Waals surface area (Å²) in [5, 5.41) is 11.6. The molecule has 13 heavy (non-hydrogen) atoms. The van der Waals surface area contributed by atoms with Gasteiger partial charge in [-0.25, -0.2) is 0 Å². The van der Waals surface area contributed by atoms with Crippen molar-refractivity contribution in [3.05, 3.63) is 0 Å². The number of nitriles is 1. The third kappa shape index (κ3) is 1.81. The molecule has 1 saturated heterocycles. The average molecular weight is 181 g/mol. The third-order valence-electron chi connectivity index (χ3n) is 2.72. The molecule has 1 amide bonds. The van der Waals surface area contributed by atoms with Gasteiger partial charge in [0.25, 0.3) is 0 Å². The van der Waals surface area contributed by atoms with Crippen molar-refractivity contribution in [2.45, 2.75) is 12.8 Å². The smallest absolute Gasteiger partial charge is 0.240 e. The molecule has 0 unspecified atom stereocenters. The van der Waals surface area contributed by atoms with Crippen molar-refractivity contribution >= 4 is 5.91 Å². The lowest BCUT2D eigenvalue weighted by molar-refractivity contribution is -0.129. The Hall–Kier alpha value is -1.08. The molecule has 0 saturated carbocycles. The van der Waals surface area contributed by atoms with Crippen LogP contribution in [0.4, 0.5) is 0 Å². The van der Waals surface area contributed by atoms with E-state index in [1.54, 1.807) is 7.05 Å². The van der Waals surface area contributed by atoms with E-state index in [4.69, 9.17) is 5.26 Å². The fourth-order valence-electron chi connectivity index (χ4n) is 1.63. The summed E-state index contributed by atoms with van der Waals surface area (Å²) in [6.45, 7) is 1.64. The minimum atomic E-state index is -0.777. The second-order valence-electron chi connectivity index (χ2n) is 3.58. The van der Waals surface area contributed by atoms with E-state index in [0.717, 1.165) is 13.1 Å². The number of carbonyl (C=O) groups is 1. The average Bonchev–Trinajstić information content (AvgIpc) is 2.18. The van der Waals surface area contributed by atoms with Gasteiger partial charge in [-0.1, -0.05) is 0 Å². The quantitative estimate of drug-likeness (QED) is 0.618. The van der Waals surface area contributed by atoms with Gasteiger partial charge in [0.1, 0.15) is 5.41 Å². The van der Waals surface area contributed by atoms with Gasteiger partial charge in [0.15, 0.2) is 0 Å². The lowest BCUT2D eigenvalue weighted by Crippen LogP contribution is -2.46. The summed E-state index contributed by atoms with van der Waals surface area (Å²) in [6, 6.07) is 2.15. The van der Waals surface area contributed by atoms with Gasteiger partial charge >= 0.3 is 0 Å². The predicted octanol–water partition coefficient (Wildman–Crippen LogP) is -0.0320. The zero-order valence-electron chi connectivity index (χ0n) is 8.13. The fraction of sp³-hybridized carbons (Fsp3) is 0.778. The van der Waals surface area contributed by atoms with Crippen LogP contribution in [-0.2, 0) is 4.79 Å². The molecule has 1 N–H and O–H groups in total. The maximum absolute atomic E-state index is 11.5. The van der Waals surface area contributed by atoms with E-state index in [9.17, 15) is 4.79 Å². The minimum absolute atomic E-state index is 0.136. The van der Waals surface area contributed by atoms with E-state index < -0.39 is 5.41 Å². The number of nitrogens with one attached hydrogen (secondary N) is 1. The van der Waals surface area contributed by atoms with Gasteiger partial charge < -0.3 is 10.2 Å². The van der Waals surface area contributed by atoms with Crippen LogP contribution in [0.3, 0.4) is 0 Å². The largest absolute Gasteiger partial charge is 0.358 e. The maximum atomic E-state index is 11.5. The summed E-state index contributed by atoms with van der Waals surface area (Å²) in [7, 11) is 3.59. The molecule has 1 fully saturated rings. The molecule has 0 atom stereocenters. The first-order valence-corrected chi connectivity index (χ1v) is 4.46. The van der Waals surface area contributed by atoms with Crippen LogP contribution in [0.5, 0.6) is 0 Å². The summed E-state index contributed by atoms with van der Waals surface area (Å²) < 4.78 is 0. The first-order chi connectivity index (χ1) is 6.14. The Morgan fingerprint density at radius 3 is 2.46 bits per heavy atom. The van der Waals surface area contributed by atoms with Crippen molar-refractivity contribution in [2.24, 2.45) is 5.41 Å². The van der Waals surface area contributed by atoms with Gasteiger partial charge in [0, 0.05) is 7.05 Å². The van der Waals surface area contributed by atoms with Crippen LogP contribution in [0.1, 0.15) is 12.8 Å². The van der Waals surface area contributed by atoms with Crippen LogP contribution in [0.15, 0.2) is 0 Å². The first-order valence-electron chi connectivity index (χ1n) is 4.46. The highest BCUT2D eigenvalue weighted by molar-refractivity contribution is 5.85. The van der Waals surface area contributed by atoms with Gasteiger partial charge in [-0.05, 0) is 33.0 Å². The summed E-state index contributed by atoms with van der Waals surface area (Å²) in [6.07, 6.45) is 1.28. The number of carbonyl (C=O) groups excluding carboxylic acids is 1. The van der Waals surface area contributed by atoms with Crippen LogP contribution in [0.2, 0.25) is 0 Å². The van der Waals surface area contributed by atoms with E-state index in [0.29, 0.717) is 12.8 Å². The maximum Gasteiger partial charge on any atom is 0.240 e. The zero-order chi connectivity index (χ0) is 9.90. The summed E-state index contributed by atoms with van der Waals surface area (Å²) in [4.78, 5) is 13.6. The van der Waals surface area contributed by atoms with Crippen LogP contribution in [-0.4, -0.2) is 38.0 Å². The van der Waals surface area contributed by atoms with Crippen molar-refractivity contribution < 1.29 is 4.79 Å². The van der Waals surface area contributed by atoms with Gasteiger partial charge in [-0.2, -0.15) is 5.26 Å². The van der Waals surface area contributed by atoms with E-state index in [2.05, 4.69) is 16.3 Å². The molecule has 72 valence electrons. The molecule has 1 rings (SSSR count).